The molecular formula is C6H15NO5S. The van der Waals surface area contributed by atoms with Crippen LogP contribution in [0.1, 0.15) is 0 Å². The summed E-state index contributed by atoms with van der Waals surface area (Å²) >= 11 is 0. The number of hydrogen-bond acceptors (Lipinski definition) is 5. The van der Waals surface area contributed by atoms with Crippen LogP contribution in [-0.2, 0) is 24.3 Å². The molecule has 0 bridgehead atoms. The van der Waals surface area contributed by atoms with E-state index < -0.39 is 10.0 Å². The van der Waals surface area contributed by atoms with Crippen LogP contribution in [0.3, 0.4) is 0 Å². The molecule has 0 aliphatic carbocycles. The van der Waals surface area contributed by atoms with Gasteiger partial charge < -0.3 is 9.47 Å². The minimum atomic E-state index is -3.36. The Morgan fingerprint density at radius 1 is 1.15 bits per heavy atom. The summed E-state index contributed by atoms with van der Waals surface area (Å²) in [6.45, 7) is 0.971. The number of methoxy groups -OCH3 is 1. The van der Waals surface area contributed by atoms with Gasteiger partial charge in [0.2, 0.25) is 10.0 Å². The van der Waals surface area contributed by atoms with Crippen LogP contribution in [0.25, 0.3) is 0 Å². The summed E-state index contributed by atoms with van der Waals surface area (Å²) in [4.78, 5) is 6.14. The summed E-state index contributed by atoms with van der Waals surface area (Å²) in [6.07, 6.45) is 0. The van der Waals surface area contributed by atoms with Gasteiger partial charge in [-0.15, -0.1) is 0 Å². The number of ether oxygens (including phenoxy) is 2. The molecule has 7 heteroatoms. The molecule has 0 atom stereocenters. The molecule has 0 radical (unpaired) electrons. The van der Waals surface area contributed by atoms with Crippen LogP contribution in [0.15, 0.2) is 0 Å². The molecule has 0 spiro atoms. The van der Waals surface area contributed by atoms with E-state index in [1.165, 1.54) is 7.11 Å². The van der Waals surface area contributed by atoms with Gasteiger partial charge in [0.25, 0.3) is 0 Å². The van der Waals surface area contributed by atoms with Crippen molar-refractivity contribution < 1.29 is 22.7 Å². The van der Waals surface area contributed by atoms with E-state index >= 15 is 0 Å². The predicted molar refractivity (Wildman–Crippen MR) is 46.6 cm³/mol. The molecule has 0 fully saturated rings. The second-order valence-corrected chi connectivity index (χ2v) is 4.02. The first-order valence-electron chi connectivity index (χ1n) is 3.71. The standard InChI is InChI=1S/C6H15NO5S/c1-10-3-4-12-5-6-13(8,9)7-11-2/h7H,3-6H2,1-2H3. The maximum Gasteiger partial charge on any atom is 0.235 e. The quantitative estimate of drug-likeness (QED) is 0.419. The number of nitrogens with one attached hydrogen (secondary N) is 1. The van der Waals surface area contributed by atoms with E-state index in [4.69, 9.17) is 9.47 Å². The van der Waals surface area contributed by atoms with E-state index in [0.717, 1.165) is 0 Å². The Morgan fingerprint density at radius 3 is 2.38 bits per heavy atom. The summed E-state index contributed by atoms with van der Waals surface area (Å²) in [7, 11) is -0.569. The van der Waals surface area contributed by atoms with Crippen molar-refractivity contribution in [3.8, 4) is 0 Å². The Kier molecular flexibility index (Phi) is 7.10. The highest BCUT2D eigenvalue weighted by Gasteiger charge is 2.08. The van der Waals surface area contributed by atoms with E-state index in [0.29, 0.717) is 13.2 Å². The van der Waals surface area contributed by atoms with Crippen LogP contribution in [0.4, 0.5) is 0 Å². The molecule has 13 heavy (non-hydrogen) atoms. The highest BCUT2D eigenvalue weighted by Crippen LogP contribution is 1.85. The average Bonchev–Trinajstić information content (AvgIpc) is 2.04. The zero-order chi connectivity index (χ0) is 10.2. The fraction of sp³-hybridized carbons (Fsp3) is 1.00. The number of sulfonamides is 1. The van der Waals surface area contributed by atoms with Crippen molar-refractivity contribution in [2.75, 3.05) is 39.8 Å². The van der Waals surface area contributed by atoms with Crippen LogP contribution in [0.5, 0.6) is 0 Å². The summed E-state index contributed by atoms with van der Waals surface area (Å²) in [5.41, 5.74) is 0. The number of rotatable bonds is 8. The lowest BCUT2D eigenvalue weighted by molar-refractivity contribution is 0.0776. The Morgan fingerprint density at radius 2 is 1.85 bits per heavy atom. The van der Waals surface area contributed by atoms with E-state index in [1.807, 2.05) is 4.89 Å². The normalized spacial score (nSPS) is 11.8. The molecule has 0 aliphatic rings. The molecule has 6 nitrogen and oxygen atoms in total. The Labute approximate surface area is 78.2 Å². The Balaban J connectivity index is 3.41. The Bertz CT molecular complexity index is 203. The highest BCUT2D eigenvalue weighted by atomic mass is 32.2. The van der Waals surface area contributed by atoms with Gasteiger partial charge in [-0.25, -0.2) is 8.42 Å². The van der Waals surface area contributed by atoms with Crippen molar-refractivity contribution >= 4 is 10.0 Å². The average molecular weight is 213 g/mol. The second-order valence-electron chi connectivity index (χ2n) is 2.21. The van der Waals surface area contributed by atoms with E-state index in [9.17, 15) is 8.42 Å². The first kappa shape index (κ1) is 12.8. The lowest BCUT2D eigenvalue weighted by Gasteiger charge is -2.04. The van der Waals surface area contributed by atoms with E-state index in [-0.39, 0.29) is 12.4 Å². The summed E-state index contributed by atoms with van der Waals surface area (Å²) in [6, 6.07) is 0. The molecule has 1 N–H and O–H groups in total. The molecule has 0 aliphatic heterocycles. The third-order valence-corrected chi connectivity index (χ3v) is 2.26. The fourth-order valence-electron chi connectivity index (χ4n) is 0.582. The molecular weight excluding hydrogens is 198 g/mol. The highest BCUT2D eigenvalue weighted by molar-refractivity contribution is 7.89. The Hall–Kier alpha value is -0.210. The van der Waals surface area contributed by atoms with Gasteiger partial charge in [-0.2, -0.15) is 0 Å². The largest absolute Gasteiger partial charge is 0.382 e. The van der Waals surface area contributed by atoms with Crippen LogP contribution >= 0.6 is 0 Å². The first-order chi connectivity index (χ1) is 6.12. The van der Waals surface area contributed by atoms with Gasteiger partial charge in [0.1, 0.15) is 0 Å². The van der Waals surface area contributed by atoms with Crippen molar-refractivity contribution in [3.63, 3.8) is 0 Å². The molecule has 0 saturated heterocycles. The molecule has 0 amide bonds. The van der Waals surface area contributed by atoms with Gasteiger partial charge >= 0.3 is 0 Å². The number of hydrogen-bond donors (Lipinski definition) is 1. The lowest BCUT2D eigenvalue weighted by Crippen LogP contribution is -2.27. The van der Waals surface area contributed by atoms with Crippen LogP contribution in [-0.4, -0.2) is 48.2 Å². The zero-order valence-corrected chi connectivity index (χ0v) is 8.59. The van der Waals surface area contributed by atoms with E-state index in [2.05, 4.69) is 4.84 Å². The van der Waals surface area contributed by atoms with Gasteiger partial charge in [-0.1, -0.05) is 4.89 Å². The van der Waals surface area contributed by atoms with Crippen molar-refractivity contribution in [1.29, 1.82) is 0 Å². The first-order valence-corrected chi connectivity index (χ1v) is 5.37. The fourth-order valence-corrected chi connectivity index (χ4v) is 1.26. The molecule has 0 unspecified atom stereocenters. The molecule has 0 saturated carbocycles. The minimum Gasteiger partial charge on any atom is -0.382 e. The SMILES string of the molecule is COCCOCCS(=O)(=O)NOC. The maximum atomic E-state index is 10.9. The lowest BCUT2D eigenvalue weighted by atomic mass is 10.7. The third kappa shape index (κ3) is 8.13. The minimum absolute atomic E-state index is 0.120. The van der Waals surface area contributed by atoms with E-state index in [1.54, 1.807) is 7.11 Å². The van der Waals surface area contributed by atoms with Gasteiger partial charge in [0, 0.05) is 7.11 Å². The van der Waals surface area contributed by atoms with Gasteiger partial charge in [-0.3, -0.25) is 4.84 Å². The summed E-state index contributed by atoms with van der Waals surface area (Å²) in [5.74, 6) is -0.120. The molecule has 80 valence electrons. The maximum absolute atomic E-state index is 10.9. The predicted octanol–water partition coefficient (Wildman–Crippen LogP) is -0.870. The summed E-state index contributed by atoms with van der Waals surface area (Å²) in [5, 5.41) is 0. The topological polar surface area (TPSA) is 73.9 Å². The van der Waals surface area contributed by atoms with Gasteiger partial charge in [-0.05, 0) is 0 Å². The molecule has 0 rings (SSSR count). The summed E-state index contributed by atoms with van der Waals surface area (Å²) < 4.78 is 31.5. The zero-order valence-electron chi connectivity index (χ0n) is 7.78. The smallest absolute Gasteiger partial charge is 0.235 e. The monoisotopic (exact) mass is 213 g/mol. The van der Waals surface area contributed by atoms with Crippen molar-refractivity contribution in [3.05, 3.63) is 0 Å². The molecule has 0 aromatic rings. The van der Waals surface area contributed by atoms with Crippen LogP contribution < -0.4 is 4.89 Å². The van der Waals surface area contributed by atoms with Gasteiger partial charge in [0.15, 0.2) is 0 Å². The van der Waals surface area contributed by atoms with Crippen LogP contribution in [0, 0.1) is 0 Å². The molecule has 0 aromatic carbocycles. The van der Waals surface area contributed by atoms with Crippen molar-refractivity contribution in [2.45, 2.75) is 0 Å². The third-order valence-electron chi connectivity index (χ3n) is 1.14. The molecule has 0 aromatic heterocycles. The second kappa shape index (κ2) is 7.22. The van der Waals surface area contributed by atoms with Crippen molar-refractivity contribution in [2.24, 2.45) is 0 Å². The van der Waals surface area contributed by atoms with Gasteiger partial charge in [0.05, 0.1) is 32.7 Å². The molecule has 0 heterocycles. The van der Waals surface area contributed by atoms with Crippen LogP contribution in [0.2, 0.25) is 0 Å². The van der Waals surface area contributed by atoms with Crippen molar-refractivity contribution in [1.82, 2.24) is 4.89 Å².